The minimum atomic E-state index is -1.12. The minimum absolute atomic E-state index is 0. The molecule has 14 nitrogen and oxygen atoms in total. The smallest absolute Gasteiger partial charge is 0.308 e. The third-order valence-corrected chi connectivity index (χ3v) is 24.5. The fraction of sp³-hybridized carbons (Fsp3) is 0.864. The fourth-order valence-corrected chi connectivity index (χ4v) is 20.6. The Hall–Kier alpha value is -0.840. The molecule has 0 bridgehead atoms. The van der Waals surface area contributed by atoms with Crippen molar-refractivity contribution in [3.05, 3.63) is 0 Å². The van der Waals surface area contributed by atoms with Crippen molar-refractivity contribution in [3.63, 3.8) is 0 Å². The predicted molar refractivity (Wildman–Crippen MR) is 266 cm³/mol. The van der Waals surface area contributed by atoms with Crippen molar-refractivity contribution in [2.75, 3.05) is 59.4 Å². The summed E-state index contributed by atoms with van der Waals surface area (Å²) in [6.45, 7) is 3.35. The monoisotopic (exact) mass is 1020 g/mol. The molecule has 0 aromatic rings. The Labute approximate surface area is 406 Å². The number of carbonyl (C=O) groups is 6. The van der Waals surface area contributed by atoms with Crippen molar-refractivity contribution in [2.45, 2.75) is 168 Å². The molecule has 0 aromatic heterocycles. The molecule has 0 saturated carbocycles. The van der Waals surface area contributed by atoms with Crippen LogP contribution in [-0.2, 0) is 47.7 Å². The van der Waals surface area contributed by atoms with Gasteiger partial charge in [0.05, 0.1) is 62.7 Å². The van der Waals surface area contributed by atoms with E-state index in [9.17, 15) is 39.0 Å². The van der Waals surface area contributed by atoms with Gasteiger partial charge in [-0.2, -0.15) is 0 Å². The van der Waals surface area contributed by atoms with Crippen molar-refractivity contribution in [2.24, 2.45) is 11.8 Å². The molecule has 1 amide bonds. The van der Waals surface area contributed by atoms with E-state index in [0.29, 0.717) is 90.5 Å². The number of nitrogens with one attached hydrogen (secondary N) is 1. The van der Waals surface area contributed by atoms with Crippen molar-refractivity contribution < 1.29 is 64.5 Å². The molecular weight excluding hydrogens is 943 g/mol. The van der Waals surface area contributed by atoms with Crippen LogP contribution in [-0.4, -0.2) is 117 Å². The van der Waals surface area contributed by atoms with E-state index in [1.807, 2.05) is 0 Å². The number of unbranched alkanes of at least 4 members (excludes halogenated alkanes) is 14. The summed E-state index contributed by atoms with van der Waals surface area (Å²) in [4.78, 5) is 71.0. The third kappa shape index (κ3) is 32.8. The molecule has 2 aliphatic rings. The molecule has 2 atom stereocenters. The number of ketones is 2. The van der Waals surface area contributed by atoms with Crippen LogP contribution in [0.25, 0.3) is 0 Å². The van der Waals surface area contributed by atoms with Gasteiger partial charge in [-0.25, -0.2) is 0 Å². The number of amides is 1. The lowest BCUT2D eigenvalue weighted by Crippen LogP contribution is -2.27. The highest BCUT2D eigenvalue weighted by Gasteiger charge is 2.53. The first-order valence-corrected chi connectivity index (χ1v) is 29.9. The number of Topliss-reactive ketones (excluding diaryl/α,β-unsaturated/α-hetero) is 2. The Bertz CT molecular complexity index is 1310. The number of hydrogen-bond donors (Lipinski definition) is 4. The van der Waals surface area contributed by atoms with Crippen LogP contribution in [0.5, 0.6) is 0 Å². The van der Waals surface area contributed by atoms with Gasteiger partial charge in [-0.1, -0.05) is 127 Å². The van der Waals surface area contributed by atoms with Crippen molar-refractivity contribution in [1.82, 2.24) is 5.32 Å². The molecule has 2 fully saturated rings. The summed E-state index contributed by atoms with van der Waals surface area (Å²) in [5.41, 5.74) is 0. The zero-order valence-electron chi connectivity index (χ0n) is 37.6. The van der Waals surface area contributed by atoms with Crippen LogP contribution in [0, 0.1) is 11.8 Å². The van der Waals surface area contributed by atoms with Crippen LogP contribution in [0.15, 0.2) is 0 Å². The van der Waals surface area contributed by atoms with Crippen LogP contribution < -0.4 is 5.32 Å². The largest absolute Gasteiger partial charge is 0.481 e. The maximum atomic E-state index is 12.4. The maximum Gasteiger partial charge on any atom is 0.308 e. The Kier molecular flexibility index (Phi) is 36.2. The number of aliphatic carboxylic acids is 3. The Morgan fingerprint density at radius 2 is 0.969 bits per heavy atom. The molecular formula is C44H77NO13S6. The van der Waals surface area contributed by atoms with Crippen LogP contribution in [0.3, 0.4) is 0 Å². The lowest BCUT2D eigenvalue weighted by molar-refractivity contribution is -0.144. The Morgan fingerprint density at radius 3 is 1.47 bits per heavy atom. The summed E-state index contributed by atoms with van der Waals surface area (Å²) >= 11 is 0. The molecule has 2 aliphatic heterocycles. The summed E-state index contributed by atoms with van der Waals surface area (Å²) in [6.07, 6.45) is 20.4. The molecule has 0 radical (unpaired) electrons. The molecule has 2 saturated heterocycles. The van der Waals surface area contributed by atoms with Crippen LogP contribution in [0.2, 0.25) is 0 Å². The molecule has 0 unspecified atom stereocenters. The van der Waals surface area contributed by atoms with Crippen molar-refractivity contribution in [1.29, 1.82) is 0 Å². The van der Waals surface area contributed by atoms with Gasteiger partial charge in [0.2, 0.25) is 5.91 Å². The van der Waals surface area contributed by atoms with Gasteiger partial charge >= 0.3 is 17.9 Å². The average molecular weight is 1020 g/mol. The average Bonchev–Trinajstić information content (AvgIpc) is 4.03. The van der Waals surface area contributed by atoms with Gasteiger partial charge in [0, 0.05) is 53.1 Å². The van der Waals surface area contributed by atoms with Gasteiger partial charge in [-0.3, -0.25) is 28.8 Å². The number of carbonyl (C=O) groups excluding carboxylic acids is 3. The molecule has 0 aromatic carbocycles. The van der Waals surface area contributed by atoms with Gasteiger partial charge in [0.1, 0.15) is 11.6 Å². The van der Waals surface area contributed by atoms with E-state index < -0.39 is 29.7 Å². The highest BCUT2D eigenvalue weighted by atomic mass is 33.2. The number of carboxylic acids is 3. The second-order valence-corrected chi connectivity index (χ2v) is 25.7. The van der Waals surface area contributed by atoms with E-state index in [-0.39, 0.29) is 59.3 Å². The van der Waals surface area contributed by atoms with Crippen LogP contribution in [0.1, 0.15) is 162 Å². The highest BCUT2D eigenvalue weighted by molar-refractivity contribution is 9.14. The first kappa shape index (κ1) is 59.3. The molecule has 0 aliphatic carbocycles. The third-order valence-electron chi connectivity index (χ3n) is 10.6. The lowest BCUT2D eigenvalue weighted by Gasteiger charge is -2.27. The summed E-state index contributed by atoms with van der Waals surface area (Å²) < 4.78 is 22.1. The molecule has 20 heteroatoms. The topological polar surface area (TPSA) is 212 Å². The van der Waals surface area contributed by atoms with E-state index in [1.54, 1.807) is 64.8 Å². The first-order chi connectivity index (χ1) is 31.0. The second-order valence-electron chi connectivity index (χ2n) is 16.2. The van der Waals surface area contributed by atoms with Gasteiger partial charge in [-0.15, -0.1) is 0 Å². The fourth-order valence-electron chi connectivity index (χ4n) is 6.81. The number of rotatable bonds is 46. The number of hydrogen-bond acceptors (Lipinski definition) is 16. The normalized spacial score (nSPS) is 15.5. The van der Waals surface area contributed by atoms with Crippen molar-refractivity contribution in [3.8, 4) is 0 Å². The SMILES string of the molecule is O=C(O)CCCCCCCCCCCCCCCCC(=O)CCCOCCOCCOCCOCCC(=O)C[C@@H](CCC(=O)NCCCC[C@@H](C(=O)O)C1SSC2(SS1)SS2)C(=O)O.[HH]. The number of carboxylic acid groups (broad SMARTS) is 3. The molecule has 2 heterocycles. The molecule has 1 spiro atoms. The predicted octanol–water partition coefficient (Wildman–Crippen LogP) is 10.9. The van der Waals surface area contributed by atoms with E-state index in [1.165, 1.54) is 57.8 Å². The zero-order chi connectivity index (χ0) is 46.5. The summed E-state index contributed by atoms with van der Waals surface area (Å²) in [5.74, 6) is -4.25. The Morgan fingerprint density at radius 1 is 0.484 bits per heavy atom. The standard InChI is InChI=1S/C44H75NO13S6.H2/c46-36(18-13-11-9-7-5-3-1-2-4-6-8-10-12-14-21-40(49)50)19-17-26-55-28-30-57-32-33-58-31-29-56-27-24-37(47)34-35(41(51)52)22-23-39(48)45-25-16-15-20-38(42(53)54)43-59-61-44(62-60-43)63-64-44;/h35,38,43H,1-34H2,(H,45,48)(H,49,50)(H,51,52)(H,53,54);1H/t35-,38+;/m1./s1. The molecule has 372 valence electrons. The van der Waals surface area contributed by atoms with Gasteiger partial charge < -0.3 is 39.6 Å². The van der Waals surface area contributed by atoms with Gasteiger partial charge in [0.15, 0.2) is 2.74 Å². The molecule has 64 heavy (non-hydrogen) atoms. The summed E-state index contributed by atoms with van der Waals surface area (Å²) in [6, 6.07) is 0. The molecule has 4 N–H and O–H groups in total. The maximum absolute atomic E-state index is 12.4. The first-order valence-electron chi connectivity index (χ1n) is 23.4. The lowest BCUT2D eigenvalue weighted by atomic mass is 9.96. The van der Waals surface area contributed by atoms with Crippen LogP contribution in [0.4, 0.5) is 0 Å². The van der Waals surface area contributed by atoms with Gasteiger partial charge in [-0.05, 0) is 60.1 Å². The Balaban J connectivity index is 0.0000211. The highest BCUT2D eigenvalue weighted by Crippen LogP contribution is 2.84. The molecule has 2 rings (SSSR count). The van der Waals surface area contributed by atoms with Gasteiger partial charge in [0.25, 0.3) is 0 Å². The summed E-state index contributed by atoms with van der Waals surface area (Å²) in [5, 5.41) is 30.8. The van der Waals surface area contributed by atoms with E-state index >= 15 is 0 Å². The number of ether oxygens (including phenoxy) is 4. The zero-order valence-corrected chi connectivity index (χ0v) is 42.5. The van der Waals surface area contributed by atoms with Crippen molar-refractivity contribution >= 4 is 100 Å². The van der Waals surface area contributed by atoms with E-state index in [2.05, 4.69) is 5.32 Å². The van der Waals surface area contributed by atoms with Crippen LogP contribution >= 0.6 is 64.8 Å². The van der Waals surface area contributed by atoms with E-state index in [0.717, 1.165) is 38.5 Å². The minimum Gasteiger partial charge on any atom is -0.481 e. The summed E-state index contributed by atoms with van der Waals surface area (Å²) in [7, 11) is 10.4. The quantitative estimate of drug-likeness (QED) is 0.0254. The second kappa shape index (κ2) is 39.1. The van der Waals surface area contributed by atoms with E-state index in [4.69, 9.17) is 24.1 Å².